The lowest BCUT2D eigenvalue weighted by Crippen LogP contribution is -2.52. The Hall–Kier alpha value is -3.85. The zero-order valence-corrected chi connectivity index (χ0v) is 25.0. The van der Waals surface area contributed by atoms with Crippen molar-refractivity contribution >= 4 is 27.5 Å². The molecule has 1 N–H and O–H groups in total. The first-order valence-electron chi connectivity index (χ1n) is 14.0. The third-order valence-corrected chi connectivity index (χ3v) is 9.38. The molecule has 1 atom stereocenters. The van der Waals surface area contributed by atoms with Crippen LogP contribution in [0.15, 0.2) is 77.7 Å². The number of hydrogen-bond acceptors (Lipinski definition) is 5. The lowest BCUT2D eigenvalue weighted by molar-refractivity contribution is -0.139. The highest BCUT2D eigenvalue weighted by Gasteiger charge is 2.33. The Bertz CT molecular complexity index is 1430. The third-order valence-electron chi connectivity index (χ3n) is 7.59. The number of rotatable bonds is 11. The molecule has 8 nitrogen and oxygen atoms in total. The van der Waals surface area contributed by atoms with Crippen LogP contribution in [0.5, 0.6) is 5.75 Å². The normalized spacial score (nSPS) is 14.3. The van der Waals surface area contributed by atoms with Gasteiger partial charge in [0.1, 0.15) is 18.3 Å². The number of anilines is 1. The number of methoxy groups -OCH3 is 1. The number of hydrogen-bond donors (Lipinski definition) is 1. The number of ether oxygens (including phenoxy) is 1. The van der Waals surface area contributed by atoms with Crippen molar-refractivity contribution in [2.24, 2.45) is 0 Å². The van der Waals surface area contributed by atoms with Crippen LogP contribution in [0.2, 0.25) is 0 Å². The minimum atomic E-state index is -4.13. The Balaban J connectivity index is 1.67. The molecule has 9 heteroatoms. The molecule has 41 heavy (non-hydrogen) atoms. The first-order chi connectivity index (χ1) is 19.6. The number of nitrogens with one attached hydrogen (secondary N) is 1. The second kappa shape index (κ2) is 13.2. The Kier molecular flexibility index (Phi) is 9.70. The molecule has 4 rings (SSSR count). The smallest absolute Gasteiger partial charge is 0.264 e. The molecule has 0 heterocycles. The molecular formula is C32H39N3O5S. The fourth-order valence-corrected chi connectivity index (χ4v) is 6.39. The van der Waals surface area contributed by atoms with Gasteiger partial charge in [0.2, 0.25) is 11.8 Å². The molecule has 1 saturated carbocycles. The Labute approximate surface area is 243 Å². The van der Waals surface area contributed by atoms with Crippen LogP contribution in [-0.4, -0.2) is 50.9 Å². The molecule has 2 amide bonds. The third kappa shape index (κ3) is 7.47. The Morgan fingerprint density at radius 2 is 1.46 bits per heavy atom. The zero-order chi connectivity index (χ0) is 29.6. The van der Waals surface area contributed by atoms with Crippen LogP contribution in [0, 0.1) is 13.8 Å². The highest BCUT2D eigenvalue weighted by atomic mass is 32.2. The maximum absolute atomic E-state index is 14.0. The number of carbonyl (C=O) groups excluding carboxylic acids is 2. The van der Waals surface area contributed by atoms with Gasteiger partial charge in [0, 0.05) is 12.6 Å². The average Bonchev–Trinajstić information content (AvgIpc) is 3.48. The molecule has 1 aliphatic rings. The van der Waals surface area contributed by atoms with Crippen molar-refractivity contribution in [1.29, 1.82) is 0 Å². The molecular weight excluding hydrogens is 538 g/mol. The quantitative estimate of drug-likeness (QED) is 0.347. The fraction of sp³-hybridized carbons (Fsp3) is 0.375. The summed E-state index contributed by atoms with van der Waals surface area (Å²) in [4.78, 5) is 28.9. The second-order valence-electron chi connectivity index (χ2n) is 10.7. The number of sulfonamides is 1. The van der Waals surface area contributed by atoms with Gasteiger partial charge in [-0.3, -0.25) is 13.9 Å². The van der Waals surface area contributed by atoms with Crippen molar-refractivity contribution in [2.75, 3.05) is 18.0 Å². The largest absolute Gasteiger partial charge is 0.497 e. The van der Waals surface area contributed by atoms with E-state index in [9.17, 15) is 18.0 Å². The summed E-state index contributed by atoms with van der Waals surface area (Å²) in [6.07, 6.45) is 3.98. The molecule has 0 bridgehead atoms. The van der Waals surface area contributed by atoms with Gasteiger partial charge in [-0.2, -0.15) is 0 Å². The maximum Gasteiger partial charge on any atom is 0.264 e. The number of aryl methyl sites for hydroxylation is 2. The van der Waals surface area contributed by atoms with E-state index in [0.29, 0.717) is 11.4 Å². The second-order valence-corrected chi connectivity index (χ2v) is 12.6. The number of benzene rings is 3. The van der Waals surface area contributed by atoms with E-state index in [1.165, 1.54) is 24.1 Å². The van der Waals surface area contributed by atoms with Gasteiger partial charge < -0.3 is 15.0 Å². The van der Waals surface area contributed by atoms with Gasteiger partial charge in [-0.25, -0.2) is 8.42 Å². The van der Waals surface area contributed by atoms with Gasteiger partial charge in [-0.15, -0.1) is 0 Å². The summed E-state index contributed by atoms with van der Waals surface area (Å²) in [6.45, 7) is 5.29. The van der Waals surface area contributed by atoms with Crippen LogP contribution in [0.1, 0.15) is 49.3 Å². The molecule has 0 spiro atoms. The standard InChI is InChI=1S/C32H39N3O5S/c1-23-9-13-26(14-10-23)21-34(25(3)32(37)33-27-7-5-6-8-27)31(36)22-35(28-15-11-24(2)12-16-28)41(38,39)30-19-17-29(40-4)18-20-30/h9-20,25,27H,5-8,21-22H2,1-4H3,(H,33,37). The first-order valence-corrected chi connectivity index (χ1v) is 15.4. The monoisotopic (exact) mass is 577 g/mol. The van der Waals surface area contributed by atoms with E-state index in [2.05, 4.69) is 5.32 Å². The van der Waals surface area contributed by atoms with Crippen molar-refractivity contribution in [3.63, 3.8) is 0 Å². The SMILES string of the molecule is COc1ccc(S(=O)(=O)N(CC(=O)N(Cc2ccc(C)cc2)C(C)C(=O)NC2CCCC2)c2ccc(C)cc2)cc1. The van der Waals surface area contributed by atoms with Crippen LogP contribution in [0.3, 0.4) is 0 Å². The Morgan fingerprint density at radius 1 is 0.902 bits per heavy atom. The molecule has 0 saturated heterocycles. The summed E-state index contributed by atoms with van der Waals surface area (Å²) in [6, 6.07) is 20.1. The predicted molar refractivity (Wildman–Crippen MR) is 160 cm³/mol. The lowest BCUT2D eigenvalue weighted by Gasteiger charge is -2.32. The van der Waals surface area contributed by atoms with Crippen molar-refractivity contribution in [1.82, 2.24) is 10.2 Å². The van der Waals surface area contributed by atoms with E-state index in [4.69, 9.17) is 4.74 Å². The molecule has 1 unspecified atom stereocenters. The average molecular weight is 578 g/mol. The van der Waals surface area contributed by atoms with E-state index >= 15 is 0 Å². The van der Waals surface area contributed by atoms with E-state index in [1.807, 2.05) is 38.1 Å². The molecule has 0 aliphatic heterocycles. The zero-order valence-electron chi connectivity index (χ0n) is 24.2. The Morgan fingerprint density at radius 3 is 2.02 bits per heavy atom. The molecule has 0 aromatic heterocycles. The fourth-order valence-electron chi connectivity index (χ4n) is 4.98. The van der Waals surface area contributed by atoms with Crippen LogP contribution in [0.25, 0.3) is 0 Å². The van der Waals surface area contributed by atoms with E-state index in [1.54, 1.807) is 43.3 Å². The summed E-state index contributed by atoms with van der Waals surface area (Å²) in [5.74, 6) is -0.192. The minimum Gasteiger partial charge on any atom is -0.497 e. The predicted octanol–water partition coefficient (Wildman–Crippen LogP) is 4.98. The van der Waals surface area contributed by atoms with Gasteiger partial charge in [0.05, 0.1) is 17.7 Å². The molecule has 1 aliphatic carbocycles. The molecule has 3 aromatic carbocycles. The van der Waals surface area contributed by atoms with Gasteiger partial charge in [-0.05, 0) is 75.6 Å². The van der Waals surface area contributed by atoms with Crippen molar-refractivity contribution in [3.05, 3.63) is 89.5 Å². The topological polar surface area (TPSA) is 96.0 Å². The maximum atomic E-state index is 14.0. The summed E-state index contributed by atoms with van der Waals surface area (Å²) >= 11 is 0. The highest BCUT2D eigenvalue weighted by molar-refractivity contribution is 7.92. The van der Waals surface area contributed by atoms with E-state index in [-0.39, 0.29) is 23.4 Å². The molecule has 0 radical (unpaired) electrons. The van der Waals surface area contributed by atoms with Gasteiger partial charge >= 0.3 is 0 Å². The molecule has 218 valence electrons. The van der Waals surface area contributed by atoms with Gasteiger partial charge in [0.15, 0.2) is 0 Å². The van der Waals surface area contributed by atoms with Crippen LogP contribution in [0.4, 0.5) is 5.69 Å². The van der Waals surface area contributed by atoms with E-state index in [0.717, 1.165) is 46.7 Å². The molecule has 3 aromatic rings. The van der Waals surface area contributed by atoms with Crippen molar-refractivity contribution in [2.45, 2.75) is 70.0 Å². The molecule has 1 fully saturated rings. The summed E-state index contributed by atoms with van der Waals surface area (Å²) < 4.78 is 34.2. The van der Waals surface area contributed by atoms with Gasteiger partial charge in [-0.1, -0.05) is 60.4 Å². The van der Waals surface area contributed by atoms with Gasteiger partial charge in [0.25, 0.3) is 10.0 Å². The highest BCUT2D eigenvalue weighted by Crippen LogP contribution is 2.26. The number of carbonyl (C=O) groups is 2. The van der Waals surface area contributed by atoms with Crippen molar-refractivity contribution < 1.29 is 22.7 Å². The minimum absolute atomic E-state index is 0.0313. The van der Waals surface area contributed by atoms with Crippen molar-refractivity contribution in [3.8, 4) is 5.75 Å². The van der Waals surface area contributed by atoms with Crippen LogP contribution in [-0.2, 0) is 26.2 Å². The summed E-state index contributed by atoms with van der Waals surface area (Å²) in [7, 11) is -2.63. The van der Waals surface area contributed by atoms with Crippen LogP contribution >= 0.6 is 0 Å². The van der Waals surface area contributed by atoms with Crippen LogP contribution < -0.4 is 14.4 Å². The summed E-state index contributed by atoms with van der Waals surface area (Å²) in [5, 5.41) is 3.09. The number of nitrogens with zero attached hydrogens (tertiary/aromatic N) is 2. The number of amides is 2. The summed E-state index contributed by atoms with van der Waals surface area (Å²) in [5.41, 5.74) is 3.25. The first kappa shape index (κ1) is 30.1. The lowest BCUT2D eigenvalue weighted by atomic mass is 10.1. The van der Waals surface area contributed by atoms with E-state index < -0.39 is 28.5 Å².